The molecule has 0 spiro atoms. The Kier molecular flexibility index (Phi) is 3.44. The van der Waals surface area contributed by atoms with Crippen molar-refractivity contribution < 1.29 is 22.6 Å². The van der Waals surface area contributed by atoms with Gasteiger partial charge in [-0.3, -0.25) is 0 Å². The second-order valence-electron chi connectivity index (χ2n) is 3.01. The first-order valence-corrected chi connectivity index (χ1v) is 4.23. The number of ether oxygens (including phenoxy) is 2. The number of benzene rings is 1. The van der Waals surface area contributed by atoms with Gasteiger partial charge in [0.25, 0.3) is 0 Å². The number of methoxy groups -OCH3 is 2. The van der Waals surface area contributed by atoms with E-state index in [1.54, 1.807) is 0 Å². The highest BCUT2D eigenvalue weighted by Crippen LogP contribution is 2.27. The molecule has 5 heteroatoms. The molecule has 84 valence electrons. The maximum Gasteiger partial charge on any atom is 0.393 e. The lowest BCUT2D eigenvalue weighted by atomic mass is 10.1. The number of hydrogen-bond donors (Lipinski definition) is 0. The van der Waals surface area contributed by atoms with E-state index in [-0.39, 0.29) is 5.56 Å². The van der Waals surface area contributed by atoms with Crippen LogP contribution in [0, 0.1) is 0 Å². The third-order valence-corrected chi connectivity index (χ3v) is 1.82. The third kappa shape index (κ3) is 3.69. The van der Waals surface area contributed by atoms with Gasteiger partial charge >= 0.3 is 6.18 Å². The molecule has 1 aromatic rings. The van der Waals surface area contributed by atoms with Crippen LogP contribution in [0.5, 0.6) is 11.5 Å². The quantitative estimate of drug-likeness (QED) is 0.779. The van der Waals surface area contributed by atoms with E-state index in [0.29, 0.717) is 11.5 Å². The first-order chi connectivity index (χ1) is 6.94. The van der Waals surface area contributed by atoms with E-state index in [1.807, 2.05) is 0 Å². The van der Waals surface area contributed by atoms with Crippen molar-refractivity contribution in [3.63, 3.8) is 0 Å². The molecule has 0 N–H and O–H groups in total. The van der Waals surface area contributed by atoms with Crippen LogP contribution < -0.4 is 9.47 Å². The van der Waals surface area contributed by atoms with Crippen LogP contribution in [0.2, 0.25) is 0 Å². The Labute approximate surface area is 85.6 Å². The van der Waals surface area contributed by atoms with Gasteiger partial charge in [0.15, 0.2) is 0 Å². The molecule has 15 heavy (non-hydrogen) atoms. The number of halogens is 3. The maximum atomic E-state index is 12.1. The molecule has 0 aromatic heterocycles. The lowest BCUT2D eigenvalue weighted by Crippen LogP contribution is -2.11. The van der Waals surface area contributed by atoms with Gasteiger partial charge in [-0.1, -0.05) is 0 Å². The van der Waals surface area contributed by atoms with Crippen molar-refractivity contribution >= 4 is 0 Å². The van der Waals surface area contributed by atoms with Crippen LogP contribution in [0.3, 0.4) is 0 Å². The summed E-state index contributed by atoms with van der Waals surface area (Å²) in [6.45, 7) is 0. The Balaban J connectivity index is 2.97. The molecule has 1 rings (SSSR count). The van der Waals surface area contributed by atoms with Gasteiger partial charge in [0.2, 0.25) is 0 Å². The number of alkyl halides is 3. The zero-order valence-corrected chi connectivity index (χ0v) is 8.39. The SMILES string of the molecule is COc1cc(CC(F)(F)F)cc(OC)c1. The van der Waals surface area contributed by atoms with Crippen molar-refractivity contribution in [3.05, 3.63) is 23.8 Å². The van der Waals surface area contributed by atoms with E-state index in [2.05, 4.69) is 0 Å². The Morgan fingerprint density at radius 1 is 1.00 bits per heavy atom. The molecule has 0 radical (unpaired) electrons. The second-order valence-corrected chi connectivity index (χ2v) is 3.01. The first kappa shape index (κ1) is 11.7. The van der Waals surface area contributed by atoms with Crippen LogP contribution in [0.15, 0.2) is 18.2 Å². The minimum Gasteiger partial charge on any atom is -0.497 e. The standard InChI is InChI=1S/C10H11F3O2/c1-14-8-3-7(6-10(11,12)13)4-9(5-8)15-2/h3-5H,6H2,1-2H3. The van der Waals surface area contributed by atoms with Crippen LogP contribution in [-0.2, 0) is 6.42 Å². The van der Waals surface area contributed by atoms with Crippen LogP contribution in [0.1, 0.15) is 5.56 Å². The molecule has 2 nitrogen and oxygen atoms in total. The molecule has 0 unspecified atom stereocenters. The Morgan fingerprint density at radius 2 is 1.47 bits per heavy atom. The topological polar surface area (TPSA) is 18.5 Å². The van der Waals surface area contributed by atoms with Gasteiger partial charge in [-0.05, 0) is 17.7 Å². The smallest absolute Gasteiger partial charge is 0.393 e. The molecule has 0 aliphatic carbocycles. The maximum absolute atomic E-state index is 12.1. The second kappa shape index (κ2) is 4.42. The molecule has 0 aliphatic heterocycles. The van der Waals surface area contributed by atoms with Crippen LogP contribution in [0.25, 0.3) is 0 Å². The highest BCUT2D eigenvalue weighted by molar-refractivity contribution is 5.38. The molecule has 0 bridgehead atoms. The minimum absolute atomic E-state index is 0.124. The van der Waals surface area contributed by atoms with Gasteiger partial charge in [-0.15, -0.1) is 0 Å². The molecule has 0 fully saturated rings. The molecule has 0 saturated carbocycles. The third-order valence-electron chi connectivity index (χ3n) is 1.82. The highest BCUT2D eigenvalue weighted by Gasteiger charge is 2.28. The normalized spacial score (nSPS) is 11.3. The molecular weight excluding hydrogens is 209 g/mol. The first-order valence-electron chi connectivity index (χ1n) is 4.23. The van der Waals surface area contributed by atoms with Gasteiger partial charge in [0.05, 0.1) is 20.6 Å². The van der Waals surface area contributed by atoms with E-state index in [1.165, 1.54) is 32.4 Å². The molecule has 1 aromatic carbocycles. The lowest BCUT2D eigenvalue weighted by molar-refractivity contribution is -0.127. The van der Waals surface area contributed by atoms with E-state index in [4.69, 9.17) is 9.47 Å². The summed E-state index contributed by atoms with van der Waals surface area (Å²) in [5.74, 6) is 0.710. The molecule has 0 amide bonds. The fourth-order valence-corrected chi connectivity index (χ4v) is 1.20. The summed E-state index contributed by atoms with van der Waals surface area (Å²) in [4.78, 5) is 0. The van der Waals surface area contributed by atoms with Gasteiger partial charge in [0.1, 0.15) is 11.5 Å². The van der Waals surface area contributed by atoms with E-state index in [0.717, 1.165) is 0 Å². The van der Waals surface area contributed by atoms with Crippen LogP contribution in [-0.4, -0.2) is 20.4 Å². The summed E-state index contributed by atoms with van der Waals surface area (Å²) in [6, 6.07) is 4.21. The number of rotatable bonds is 3. The van der Waals surface area contributed by atoms with Gasteiger partial charge in [-0.25, -0.2) is 0 Å². The fraction of sp³-hybridized carbons (Fsp3) is 0.400. The Hall–Kier alpha value is -1.39. The predicted molar refractivity (Wildman–Crippen MR) is 49.3 cm³/mol. The minimum atomic E-state index is -4.22. The largest absolute Gasteiger partial charge is 0.497 e. The Morgan fingerprint density at radius 3 is 1.80 bits per heavy atom. The van der Waals surface area contributed by atoms with E-state index in [9.17, 15) is 13.2 Å². The summed E-state index contributed by atoms with van der Waals surface area (Å²) < 4.78 is 46.1. The highest BCUT2D eigenvalue weighted by atomic mass is 19.4. The summed E-state index contributed by atoms with van der Waals surface area (Å²) in [6.07, 6.45) is -5.21. The molecule has 0 aliphatic rings. The zero-order valence-electron chi connectivity index (χ0n) is 8.39. The van der Waals surface area contributed by atoms with Gasteiger partial charge in [-0.2, -0.15) is 13.2 Å². The average Bonchev–Trinajstić information content (AvgIpc) is 2.14. The van der Waals surface area contributed by atoms with Crippen LogP contribution >= 0.6 is 0 Å². The van der Waals surface area contributed by atoms with Crippen molar-refractivity contribution in [2.45, 2.75) is 12.6 Å². The van der Waals surface area contributed by atoms with Crippen LogP contribution in [0.4, 0.5) is 13.2 Å². The number of hydrogen-bond acceptors (Lipinski definition) is 2. The summed E-state index contributed by atoms with van der Waals surface area (Å²) >= 11 is 0. The fourth-order valence-electron chi connectivity index (χ4n) is 1.20. The van der Waals surface area contributed by atoms with Gasteiger partial charge in [0, 0.05) is 6.07 Å². The summed E-state index contributed by atoms with van der Waals surface area (Å²) in [5, 5.41) is 0. The molecule has 0 heterocycles. The summed E-state index contributed by atoms with van der Waals surface area (Å²) in [7, 11) is 2.79. The van der Waals surface area contributed by atoms with Crippen molar-refractivity contribution in [2.24, 2.45) is 0 Å². The van der Waals surface area contributed by atoms with Crippen molar-refractivity contribution in [2.75, 3.05) is 14.2 Å². The Bertz CT molecular complexity index is 312. The van der Waals surface area contributed by atoms with E-state index >= 15 is 0 Å². The predicted octanol–water partition coefficient (Wildman–Crippen LogP) is 2.81. The zero-order chi connectivity index (χ0) is 11.5. The lowest BCUT2D eigenvalue weighted by Gasteiger charge is -2.10. The van der Waals surface area contributed by atoms with Crippen molar-refractivity contribution in [1.82, 2.24) is 0 Å². The van der Waals surface area contributed by atoms with Crippen molar-refractivity contribution in [1.29, 1.82) is 0 Å². The molecule has 0 saturated heterocycles. The monoisotopic (exact) mass is 220 g/mol. The molecule has 0 atom stereocenters. The summed E-state index contributed by atoms with van der Waals surface area (Å²) in [5.41, 5.74) is 0.124. The van der Waals surface area contributed by atoms with Gasteiger partial charge < -0.3 is 9.47 Å². The molecular formula is C10H11F3O2. The van der Waals surface area contributed by atoms with E-state index < -0.39 is 12.6 Å². The van der Waals surface area contributed by atoms with Crippen molar-refractivity contribution in [3.8, 4) is 11.5 Å². The average molecular weight is 220 g/mol.